The summed E-state index contributed by atoms with van der Waals surface area (Å²) < 4.78 is 11.4. The van der Waals surface area contributed by atoms with Crippen molar-refractivity contribution in [3.63, 3.8) is 0 Å². The van der Waals surface area contributed by atoms with Crippen LogP contribution < -0.4 is 20.7 Å². The van der Waals surface area contributed by atoms with Gasteiger partial charge in [0, 0.05) is 0 Å². The molecule has 0 radical (unpaired) electrons. The molecule has 0 bridgehead atoms. The Hall–Kier alpha value is -2.87. The summed E-state index contributed by atoms with van der Waals surface area (Å²) in [5.41, 5.74) is 2.92. The van der Waals surface area contributed by atoms with Crippen LogP contribution in [-0.2, 0) is 0 Å². The second kappa shape index (κ2) is 5.63. The van der Waals surface area contributed by atoms with Crippen molar-refractivity contribution in [3.8, 4) is 17.4 Å². The molecule has 108 valence electrons. The first-order chi connectivity index (χ1) is 10.3. The van der Waals surface area contributed by atoms with E-state index in [9.17, 15) is 0 Å². The number of aromatic amines is 1. The van der Waals surface area contributed by atoms with Crippen LogP contribution in [0.25, 0.3) is 11.0 Å². The van der Waals surface area contributed by atoms with E-state index >= 15 is 0 Å². The fourth-order valence-electron chi connectivity index (χ4n) is 1.86. The number of nitrogen functional groups attached to an aromatic ring is 1. The molecule has 21 heavy (non-hydrogen) atoms. The van der Waals surface area contributed by atoms with E-state index in [2.05, 4.69) is 25.6 Å². The lowest BCUT2D eigenvalue weighted by molar-refractivity contribution is 0.320. The molecule has 1 aromatic carbocycles. The highest BCUT2D eigenvalue weighted by Crippen LogP contribution is 2.33. The number of hydrogen-bond acceptors (Lipinski definition) is 7. The Kier molecular flexibility index (Phi) is 3.52. The van der Waals surface area contributed by atoms with Crippen molar-refractivity contribution >= 4 is 17.0 Å². The van der Waals surface area contributed by atoms with E-state index in [-0.39, 0.29) is 5.95 Å². The minimum Gasteiger partial charge on any atom is -0.490 e. The number of H-pyrrole nitrogens is 1. The first-order valence-corrected chi connectivity index (χ1v) is 6.39. The van der Waals surface area contributed by atoms with Gasteiger partial charge in [-0.1, -0.05) is 12.1 Å². The summed E-state index contributed by atoms with van der Waals surface area (Å²) in [4.78, 5) is 8.34. The average molecular weight is 286 g/mol. The number of aromatic nitrogens is 4. The zero-order chi connectivity index (χ0) is 14.7. The maximum atomic E-state index is 5.84. The Morgan fingerprint density at radius 2 is 2.05 bits per heavy atom. The summed E-state index contributed by atoms with van der Waals surface area (Å²) in [6.45, 7) is 2.45. The minimum absolute atomic E-state index is 0.232. The van der Waals surface area contributed by atoms with Gasteiger partial charge in [-0.15, -0.1) is 0 Å². The van der Waals surface area contributed by atoms with Gasteiger partial charge in [0.15, 0.2) is 17.1 Å². The van der Waals surface area contributed by atoms with E-state index in [1.54, 1.807) is 12.3 Å². The summed E-state index contributed by atoms with van der Waals surface area (Å²) in [6.07, 6.45) is 1.59. The first kappa shape index (κ1) is 13.1. The van der Waals surface area contributed by atoms with Crippen LogP contribution in [0.15, 0.2) is 30.5 Å². The van der Waals surface area contributed by atoms with Crippen molar-refractivity contribution in [3.05, 3.63) is 30.5 Å². The van der Waals surface area contributed by atoms with Crippen LogP contribution in [0.3, 0.4) is 0 Å². The van der Waals surface area contributed by atoms with E-state index in [1.165, 1.54) is 0 Å². The van der Waals surface area contributed by atoms with E-state index in [0.29, 0.717) is 35.0 Å². The topological polar surface area (TPSA) is 111 Å². The fraction of sp³-hybridized carbons (Fsp3) is 0.154. The maximum Gasteiger partial charge on any atom is 0.242 e. The molecule has 0 atom stereocenters. The number of para-hydroxylation sites is 2. The Labute approximate surface area is 120 Å². The number of ether oxygens (including phenoxy) is 2. The maximum absolute atomic E-state index is 5.84. The van der Waals surface area contributed by atoms with Crippen molar-refractivity contribution in [1.82, 2.24) is 20.2 Å². The Bertz CT molecular complexity index is 757. The highest BCUT2D eigenvalue weighted by Gasteiger charge is 2.13. The number of nitrogens with one attached hydrogen (secondary N) is 2. The predicted octanol–water partition coefficient (Wildman–Crippen LogP) is 1.83. The van der Waals surface area contributed by atoms with Crippen LogP contribution in [0.5, 0.6) is 17.4 Å². The third kappa shape index (κ3) is 2.56. The van der Waals surface area contributed by atoms with Gasteiger partial charge in [-0.25, -0.2) is 5.84 Å². The molecule has 8 nitrogen and oxygen atoms in total. The third-order valence-electron chi connectivity index (χ3n) is 2.76. The molecule has 3 aromatic rings. The molecule has 0 aliphatic carbocycles. The smallest absolute Gasteiger partial charge is 0.242 e. The molecule has 0 spiro atoms. The largest absolute Gasteiger partial charge is 0.490 e. The summed E-state index contributed by atoms with van der Waals surface area (Å²) in [6, 6.07) is 7.36. The third-order valence-corrected chi connectivity index (χ3v) is 2.76. The first-order valence-electron chi connectivity index (χ1n) is 6.39. The highest BCUT2D eigenvalue weighted by molar-refractivity contribution is 5.81. The molecule has 0 unspecified atom stereocenters. The Morgan fingerprint density at radius 3 is 2.81 bits per heavy atom. The van der Waals surface area contributed by atoms with Gasteiger partial charge < -0.3 is 9.47 Å². The zero-order valence-corrected chi connectivity index (χ0v) is 11.3. The zero-order valence-electron chi connectivity index (χ0n) is 11.3. The lowest BCUT2D eigenvalue weighted by Crippen LogP contribution is -2.11. The van der Waals surface area contributed by atoms with Crippen molar-refractivity contribution in [2.75, 3.05) is 12.0 Å². The van der Waals surface area contributed by atoms with Crippen molar-refractivity contribution in [2.24, 2.45) is 5.84 Å². The quantitative estimate of drug-likeness (QED) is 0.484. The number of nitrogens with zero attached hydrogens (tertiary/aromatic N) is 3. The standard InChI is InChI=1S/C13H14N6O2/c1-2-20-9-5-3-4-6-10(9)21-12-8-7-15-19-11(8)16-13(17-12)18-14/h3-7H,2,14H2,1H3,(H2,15,16,17,18,19). The second-order valence-electron chi connectivity index (χ2n) is 4.11. The number of hydrogen-bond donors (Lipinski definition) is 3. The van der Waals surface area contributed by atoms with E-state index in [4.69, 9.17) is 15.3 Å². The molecule has 0 aliphatic heterocycles. The number of fused-ring (bicyclic) bond motifs is 1. The molecular formula is C13H14N6O2. The van der Waals surface area contributed by atoms with Crippen LogP contribution in [0, 0.1) is 0 Å². The van der Waals surface area contributed by atoms with Crippen molar-refractivity contribution in [1.29, 1.82) is 0 Å². The van der Waals surface area contributed by atoms with Crippen LogP contribution in [0.4, 0.5) is 5.95 Å². The second-order valence-corrected chi connectivity index (χ2v) is 4.11. The van der Waals surface area contributed by atoms with Gasteiger partial charge in [0.25, 0.3) is 0 Å². The lowest BCUT2D eigenvalue weighted by atomic mass is 10.3. The number of rotatable bonds is 5. The average Bonchev–Trinajstić information content (AvgIpc) is 2.98. The van der Waals surface area contributed by atoms with Crippen molar-refractivity contribution < 1.29 is 9.47 Å². The monoisotopic (exact) mass is 286 g/mol. The Balaban J connectivity index is 2.03. The molecule has 8 heteroatoms. The van der Waals surface area contributed by atoms with E-state index in [0.717, 1.165) is 0 Å². The van der Waals surface area contributed by atoms with Gasteiger partial charge in [0.05, 0.1) is 12.8 Å². The van der Waals surface area contributed by atoms with Crippen molar-refractivity contribution in [2.45, 2.75) is 6.92 Å². The minimum atomic E-state index is 0.232. The molecule has 2 aromatic heterocycles. The molecular weight excluding hydrogens is 272 g/mol. The molecule has 0 amide bonds. The van der Waals surface area contributed by atoms with Gasteiger partial charge in [-0.05, 0) is 19.1 Å². The molecule has 2 heterocycles. The van der Waals surface area contributed by atoms with Crippen LogP contribution in [0.1, 0.15) is 6.92 Å². The van der Waals surface area contributed by atoms with Gasteiger partial charge in [0.1, 0.15) is 5.39 Å². The molecule has 0 saturated heterocycles. The highest BCUT2D eigenvalue weighted by atomic mass is 16.5. The summed E-state index contributed by atoms with van der Waals surface area (Å²) in [5.74, 6) is 7.13. The Morgan fingerprint density at radius 1 is 1.24 bits per heavy atom. The fourth-order valence-corrected chi connectivity index (χ4v) is 1.86. The van der Waals surface area contributed by atoms with Gasteiger partial charge in [-0.3, -0.25) is 10.5 Å². The number of hydrazine groups is 1. The van der Waals surface area contributed by atoms with E-state index in [1.807, 2.05) is 25.1 Å². The van der Waals surface area contributed by atoms with Crippen LogP contribution in [0.2, 0.25) is 0 Å². The SMILES string of the molecule is CCOc1ccccc1Oc1nc(NN)nc2[nH]ncc12. The molecule has 0 saturated carbocycles. The summed E-state index contributed by atoms with van der Waals surface area (Å²) in [5, 5.41) is 7.34. The summed E-state index contributed by atoms with van der Waals surface area (Å²) in [7, 11) is 0. The van der Waals surface area contributed by atoms with E-state index < -0.39 is 0 Å². The lowest BCUT2D eigenvalue weighted by Gasteiger charge is -2.11. The number of anilines is 1. The van der Waals surface area contributed by atoms with Crippen LogP contribution >= 0.6 is 0 Å². The number of nitrogens with two attached hydrogens (primary N) is 1. The molecule has 3 rings (SSSR count). The molecule has 0 fully saturated rings. The van der Waals surface area contributed by atoms with Gasteiger partial charge in [-0.2, -0.15) is 15.1 Å². The van der Waals surface area contributed by atoms with Gasteiger partial charge >= 0.3 is 0 Å². The molecule has 0 aliphatic rings. The molecule has 4 N–H and O–H groups in total. The summed E-state index contributed by atoms with van der Waals surface area (Å²) >= 11 is 0. The van der Waals surface area contributed by atoms with Crippen LogP contribution in [-0.4, -0.2) is 26.8 Å². The van der Waals surface area contributed by atoms with Gasteiger partial charge in [0.2, 0.25) is 11.8 Å². The predicted molar refractivity (Wildman–Crippen MR) is 77.2 cm³/mol. The number of benzene rings is 1. The normalized spacial score (nSPS) is 10.6.